The van der Waals surface area contributed by atoms with Gasteiger partial charge in [0.05, 0.1) is 37.6 Å². The van der Waals surface area contributed by atoms with Gasteiger partial charge in [-0.25, -0.2) is 4.79 Å². The topological polar surface area (TPSA) is 267 Å². The molecule has 0 bridgehead atoms. The number of ether oxygens (including phenoxy) is 7. The number of aliphatic hydroxyl groups is 7. The van der Waals surface area contributed by atoms with E-state index in [1.807, 2.05) is 0 Å². The Labute approximate surface area is 267 Å². The number of carbonyl (C=O) groups is 1. The molecule has 3 saturated heterocycles. The van der Waals surface area contributed by atoms with Crippen molar-refractivity contribution in [2.24, 2.45) is 11.8 Å². The van der Waals surface area contributed by atoms with E-state index < -0.39 is 122 Å². The Bertz CT molecular complexity index is 1350. The summed E-state index contributed by atoms with van der Waals surface area (Å²) in [5.74, 6) is -3.03. The lowest BCUT2D eigenvalue weighted by atomic mass is 9.85. The molecule has 4 heterocycles. The predicted octanol–water partition coefficient (Wildman–Crippen LogP) is -3.06. The number of phenols is 2. The molecule has 4 fully saturated rings. The van der Waals surface area contributed by atoms with Crippen LogP contribution in [0.25, 0.3) is 6.08 Å². The molecule has 16 atom stereocenters. The van der Waals surface area contributed by atoms with E-state index in [1.165, 1.54) is 37.5 Å². The first-order valence-corrected chi connectivity index (χ1v) is 15.0. The summed E-state index contributed by atoms with van der Waals surface area (Å²) in [6.07, 6.45) is -12.4. The van der Waals surface area contributed by atoms with Gasteiger partial charge in [0, 0.05) is 12.0 Å². The maximum Gasteiger partial charge on any atom is 0.331 e. The molecule has 0 unspecified atom stereocenters. The summed E-state index contributed by atoms with van der Waals surface area (Å²) in [6.45, 7) is 0.319. The maximum atomic E-state index is 12.6. The van der Waals surface area contributed by atoms with Crippen LogP contribution in [0.15, 0.2) is 36.6 Å². The van der Waals surface area contributed by atoms with Crippen LogP contribution in [0.1, 0.15) is 12.5 Å². The molecule has 0 aromatic heterocycles. The highest BCUT2D eigenvalue weighted by Crippen LogP contribution is 2.61. The minimum absolute atomic E-state index is 0.340. The first kappa shape index (κ1) is 34.0. The highest BCUT2D eigenvalue weighted by molar-refractivity contribution is 5.87. The van der Waals surface area contributed by atoms with Gasteiger partial charge in [-0.3, -0.25) is 0 Å². The van der Waals surface area contributed by atoms with Crippen molar-refractivity contribution in [3.05, 3.63) is 42.2 Å². The van der Waals surface area contributed by atoms with Crippen LogP contribution in [-0.2, 0) is 38.0 Å². The summed E-state index contributed by atoms with van der Waals surface area (Å²) in [6, 6.07) is 3.89. The number of epoxide rings is 1. The van der Waals surface area contributed by atoms with E-state index in [2.05, 4.69) is 0 Å². The van der Waals surface area contributed by atoms with Gasteiger partial charge in [-0.15, -0.1) is 0 Å². The number of esters is 1. The molecule has 0 radical (unpaired) electrons. The Hall–Kier alpha value is -2.91. The third kappa shape index (κ3) is 6.11. The van der Waals surface area contributed by atoms with Crippen LogP contribution in [0.4, 0.5) is 0 Å². The number of carbonyl (C=O) groups excluding carboxylic acids is 1. The van der Waals surface area contributed by atoms with Gasteiger partial charge in [0.25, 0.3) is 0 Å². The maximum absolute atomic E-state index is 12.6. The van der Waals surface area contributed by atoms with Crippen LogP contribution in [0.2, 0.25) is 0 Å². The molecule has 0 amide bonds. The molecule has 17 heteroatoms. The summed E-state index contributed by atoms with van der Waals surface area (Å²) in [5, 5.41) is 91.7. The van der Waals surface area contributed by atoms with Crippen molar-refractivity contribution in [3.63, 3.8) is 0 Å². The molecule has 1 aromatic rings. The fourth-order valence-electron chi connectivity index (χ4n) is 6.70. The lowest BCUT2D eigenvalue weighted by Crippen LogP contribution is -2.60. The Kier molecular flexibility index (Phi) is 9.53. The van der Waals surface area contributed by atoms with Crippen LogP contribution >= 0.6 is 0 Å². The van der Waals surface area contributed by atoms with E-state index in [4.69, 9.17) is 33.2 Å². The second-order valence-corrected chi connectivity index (χ2v) is 12.2. The van der Waals surface area contributed by atoms with Gasteiger partial charge in [-0.2, -0.15) is 0 Å². The van der Waals surface area contributed by atoms with E-state index in [0.717, 1.165) is 6.08 Å². The van der Waals surface area contributed by atoms with Crippen molar-refractivity contribution in [1.29, 1.82) is 0 Å². The van der Waals surface area contributed by atoms with Crippen molar-refractivity contribution in [1.82, 2.24) is 0 Å². The number of hydrogen-bond donors (Lipinski definition) is 9. The van der Waals surface area contributed by atoms with Gasteiger partial charge in [0.15, 0.2) is 30.2 Å². The van der Waals surface area contributed by atoms with Crippen LogP contribution in [0.5, 0.6) is 11.5 Å². The number of fused-ring (bicyclic) bond motifs is 3. The molecule has 17 nitrogen and oxygen atoms in total. The predicted molar refractivity (Wildman–Crippen MR) is 150 cm³/mol. The van der Waals surface area contributed by atoms with Gasteiger partial charge in [-0.05, 0) is 36.8 Å². The first-order valence-electron chi connectivity index (χ1n) is 15.0. The number of aliphatic hydroxyl groups excluding tert-OH is 7. The number of benzene rings is 1. The Balaban J connectivity index is 1.15. The third-order valence-corrected chi connectivity index (χ3v) is 9.33. The van der Waals surface area contributed by atoms with E-state index in [-0.39, 0.29) is 5.75 Å². The summed E-state index contributed by atoms with van der Waals surface area (Å²) < 4.78 is 40.2. The zero-order valence-electron chi connectivity index (χ0n) is 24.9. The summed E-state index contributed by atoms with van der Waals surface area (Å²) in [5.41, 5.74) is -0.881. The molecule has 0 spiro atoms. The lowest BCUT2D eigenvalue weighted by molar-refractivity contribution is -0.347. The molecular formula is C30H38O17. The molecule has 5 aliphatic rings. The summed E-state index contributed by atoms with van der Waals surface area (Å²) >= 11 is 0. The lowest BCUT2D eigenvalue weighted by Gasteiger charge is -2.44. The van der Waals surface area contributed by atoms with E-state index in [1.54, 1.807) is 6.08 Å². The zero-order chi connectivity index (χ0) is 33.8. The third-order valence-electron chi connectivity index (χ3n) is 9.33. The van der Waals surface area contributed by atoms with Crippen molar-refractivity contribution < 1.29 is 83.9 Å². The molecule has 1 aromatic carbocycles. The molecule has 9 N–H and O–H groups in total. The van der Waals surface area contributed by atoms with Gasteiger partial charge >= 0.3 is 5.97 Å². The molecule has 47 heavy (non-hydrogen) atoms. The van der Waals surface area contributed by atoms with Gasteiger partial charge < -0.3 is 79.1 Å². The second kappa shape index (κ2) is 13.2. The highest BCUT2D eigenvalue weighted by Gasteiger charge is 2.77. The van der Waals surface area contributed by atoms with Crippen molar-refractivity contribution in [2.45, 2.75) is 92.4 Å². The van der Waals surface area contributed by atoms with E-state index in [0.29, 0.717) is 5.56 Å². The van der Waals surface area contributed by atoms with Crippen LogP contribution in [0, 0.1) is 11.8 Å². The van der Waals surface area contributed by atoms with Crippen LogP contribution in [-0.4, -0.2) is 151 Å². The smallest absolute Gasteiger partial charge is 0.331 e. The Morgan fingerprint density at radius 1 is 0.894 bits per heavy atom. The van der Waals surface area contributed by atoms with Gasteiger partial charge in [0.2, 0.25) is 6.29 Å². The molecule has 1 aliphatic carbocycles. The van der Waals surface area contributed by atoms with Gasteiger partial charge in [-0.1, -0.05) is 6.07 Å². The Morgan fingerprint density at radius 3 is 2.34 bits per heavy atom. The van der Waals surface area contributed by atoms with Gasteiger partial charge in [0.1, 0.15) is 48.3 Å². The zero-order valence-corrected chi connectivity index (χ0v) is 24.9. The minimum Gasteiger partial charge on any atom is -0.504 e. The number of hydrogen-bond acceptors (Lipinski definition) is 17. The van der Waals surface area contributed by atoms with Crippen molar-refractivity contribution in [3.8, 4) is 11.5 Å². The number of phenolic OH excluding ortho intramolecular Hbond substituents is 2. The molecule has 4 aliphatic heterocycles. The van der Waals surface area contributed by atoms with E-state index >= 15 is 0 Å². The minimum atomic E-state index is -1.71. The fourth-order valence-corrected chi connectivity index (χ4v) is 6.70. The fraction of sp³-hybridized carbons (Fsp3) is 0.633. The number of rotatable bonds is 9. The normalized spacial score (nSPS) is 45.7. The second-order valence-electron chi connectivity index (χ2n) is 12.2. The number of aromatic hydroxyl groups is 2. The molecule has 6 rings (SSSR count). The SMILES string of the molecule is C[C@@H]1O[C@@H](O[C@H]2[C@@H]3C=CO[C@@H](O[C@@H]4O[C@H](CO)[C@@H](O)[C@H](O)[C@H]4O)[C@@H]3[C@@]3(CO)O[C@@H]23)[C@H](O)[C@H](OC(=O)/C=C/c2ccc(O)c(O)c2)[C@H]1O. The summed E-state index contributed by atoms with van der Waals surface area (Å²) in [4.78, 5) is 12.6. The standard InChI is InChI=1S/C30H38O17/c1-11-19(36)25(44-17(35)5-3-12-2-4-14(33)15(34)8-12)23(40)29(42-11)45-24-13-6-7-41-27(18(13)30(10-32)26(24)47-30)46-28-22(39)21(38)20(37)16(9-31)43-28/h2-8,11,13,16,18-29,31-34,36-40H,9-10H2,1H3/b5-3+/t11-,13+,16+,18+,19-,20+,21-,22+,23+,24-,25+,26-,27-,28-,29-,30+/m0/s1. The molecule has 260 valence electrons. The van der Waals surface area contributed by atoms with Crippen molar-refractivity contribution in [2.75, 3.05) is 13.2 Å². The average molecular weight is 671 g/mol. The molecule has 1 saturated carbocycles. The first-order chi connectivity index (χ1) is 22.4. The molecular weight excluding hydrogens is 632 g/mol. The Morgan fingerprint density at radius 2 is 1.64 bits per heavy atom. The van der Waals surface area contributed by atoms with Crippen LogP contribution < -0.4 is 0 Å². The van der Waals surface area contributed by atoms with Crippen LogP contribution in [0.3, 0.4) is 0 Å². The monoisotopic (exact) mass is 670 g/mol. The summed E-state index contributed by atoms with van der Waals surface area (Å²) in [7, 11) is 0. The average Bonchev–Trinajstić information content (AvgIpc) is 3.73. The van der Waals surface area contributed by atoms with Crippen molar-refractivity contribution >= 4 is 12.0 Å². The largest absolute Gasteiger partial charge is 0.504 e. The van der Waals surface area contributed by atoms with E-state index in [9.17, 15) is 50.8 Å². The highest BCUT2D eigenvalue weighted by atomic mass is 16.8. The quantitative estimate of drug-likeness (QED) is 0.0546.